The second-order valence-electron chi connectivity index (χ2n) is 7.61. The first-order valence-electron chi connectivity index (χ1n) is 9.86. The van der Waals surface area contributed by atoms with Gasteiger partial charge in [0.1, 0.15) is 11.6 Å². The monoisotopic (exact) mass is 449 g/mol. The van der Waals surface area contributed by atoms with Crippen LogP contribution in [-0.2, 0) is 10.3 Å². The molecule has 3 aromatic rings. The van der Waals surface area contributed by atoms with Crippen LogP contribution in [0.15, 0.2) is 72.8 Å². The van der Waals surface area contributed by atoms with Crippen LogP contribution in [0.25, 0.3) is 0 Å². The zero-order chi connectivity index (χ0) is 22.9. The number of benzene rings is 3. The molecule has 0 aliphatic carbocycles. The van der Waals surface area contributed by atoms with Crippen molar-refractivity contribution < 1.29 is 19.5 Å². The summed E-state index contributed by atoms with van der Waals surface area (Å²) in [5.41, 5.74) is 0.981. The lowest BCUT2D eigenvalue weighted by Crippen LogP contribution is -2.40. The number of nitrogens with one attached hydrogen (secondary N) is 3. The highest BCUT2D eigenvalue weighted by Gasteiger charge is 2.43. The van der Waals surface area contributed by atoms with Crippen molar-refractivity contribution in [3.63, 3.8) is 0 Å². The molecule has 2 unspecified atom stereocenters. The summed E-state index contributed by atoms with van der Waals surface area (Å²) >= 11 is 6.14. The minimum atomic E-state index is -1.28. The van der Waals surface area contributed by atoms with E-state index in [0.717, 1.165) is 0 Å². The van der Waals surface area contributed by atoms with E-state index in [1.807, 2.05) is 18.2 Å². The molecule has 32 heavy (non-hydrogen) atoms. The number of amides is 4. The maximum atomic E-state index is 13.0. The van der Waals surface area contributed by atoms with Crippen LogP contribution in [0.5, 0.6) is 0 Å². The van der Waals surface area contributed by atoms with Gasteiger partial charge in [0.25, 0.3) is 11.8 Å². The van der Waals surface area contributed by atoms with Crippen molar-refractivity contribution >= 4 is 35.1 Å². The average molecular weight is 450 g/mol. The van der Waals surface area contributed by atoms with Gasteiger partial charge < -0.3 is 15.7 Å². The number of halogens is 1. The Morgan fingerprint density at radius 3 is 2.47 bits per heavy atom. The summed E-state index contributed by atoms with van der Waals surface area (Å²) in [5, 5.41) is 18.9. The summed E-state index contributed by atoms with van der Waals surface area (Å²) in [4.78, 5) is 36.8. The van der Waals surface area contributed by atoms with Gasteiger partial charge in [0.05, 0.1) is 0 Å². The molecule has 162 valence electrons. The molecule has 0 saturated carbocycles. The molecule has 1 aliphatic heterocycles. The maximum absolute atomic E-state index is 13.0. The van der Waals surface area contributed by atoms with Gasteiger partial charge >= 0.3 is 6.03 Å². The molecular weight excluding hydrogens is 430 g/mol. The molecular formula is C24H20ClN3O4. The highest BCUT2D eigenvalue weighted by atomic mass is 35.5. The van der Waals surface area contributed by atoms with Crippen LogP contribution in [-0.4, -0.2) is 23.0 Å². The second kappa shape index (κ2) is 8.45. The quantitative estimate of drug-likeness (QED) is 0.445. The van der Waals surface area contributed by atoms with Crippen LogP contribution in [0, 0.1) is 0 Å². The van der Waals surface area contributed by atoms with E-state index in [9.17, 15) is 19.5 Å². The molecule has 2 atom stereocenters. The van der Waals surface area contributed by atoms with Crippen molar-refractivity contribution in [2.45, 2.75) is 18.6 Å². The van der Waals surface area contributed by atoms with E-state index in [-0.39, 0.29) is 5.56 Å². The van der Waals surface area contributed by atoms with E-state index in [1.165, 1.54) is 0 Å². The zero-order valence-corrected chi connectivity index (χ0v) is 17.8. The van der Waals surface area contributed by atoms with Crippen LogP contribution >= 0.6 is 11.6 Å². The van der Waals surface area contributed by atoms with Crippen LogP contribution in [0.2, 0.25) is 5.02 Å². The first-order valence-corrected chi connectivity index (χ1v) is 10.2. The first kappa shape index (κ1) is 21.5. The van der Waals surface area contributed by atoms with E-state index in [0.29, 0.717) is 27.4 Å². The first-order chi connectivity index (χ1) is 15.3. The number of carbonyl (C=O) groups excluding carboxylic acids is 3. The number of aliphatic hydroxyl groups is 1. The van der Waals surface area contributed by atoms with Crippen LogP contribution in [0.3, 0.4) is 0 Å². The van der Waals surface area contributed by atoms with Crippen molar-refractivity contribution in [1.82, 2.24) is 10.6 Å². The minimum absolute atomic E-state index is 0.285. The molecule has 1 heterocycles. The topological polar surface area (TPSA) is 108 Å². The Morgan fingerprint density at radius 1 is 1.03 bits per heavy atom. The third kappa shape index (κ3) is 4.08. The Balaban J connectivity index is 1.63. The van der Waals surface area contributed by atoms with Gasteiger partial charge in [-0.2, -0.15) is 0 Å². The Labute approximate surface area is 189 Å². The van der Waals surface area contributed by atoms with Crippen molar-refractivity contribution in [3.05, 3.63) is 100 Å². The number of rotatable bonds is 5. The summed E-state index contributed by atoms with van der Waals surface area (Å²) in [6.45, 7) is 1.57. The molecule has 3 aromatic carbocycles. The molecule has 4 N–H and O–H groups in total. The molecule has 1 saturated heterocycles. The lowest BCUT2D eigenvalue weighted by molar-refractivity contribution is -0.123. The molecule has 0 radical (unpaired) electrons. The number of anilines is 1. The molecule has 0 bridgehead atoms. The van der Waals surface area contributed by atoms with E-state index < -0.39 is 29.5 Å². The Kier molecular flexibility index (Phi) is 5.69. The van der Waals surface area contributed by atoms with Gasteiger partial charge in [-0.25, -0.2) is 4.79 Å². The number of aliphatic hydroxyl groups excluding tert-OH is 1. The van der Waals surface area contributed by atoms with Crippen molar-refractivity contribution in [1.29, 1.82) is 0 Å². The number of hydrogen-bond acceptors (Lipinski definition) is 4. The van der Waals surface area contributed by atoms with Crippen molar-refractivity contribution in [2.24, 2.45) is 0 Å². The lowest BCUT2D eigenvalue weighted by atomic mass is 9.91. The van der Waals surface area contributed by atoms with E-state index in [4.69, 9.17) is 11.6 Å². The van der Waals surface area contributed by atoms with Crippen molar-refractivity contribution in [2.75, 3.05) is 5.32 Å². The highest BCUT2D eigenvalue weighted by molar-refractivity contribution is 6.30. The van der Waals surface area contributed by atoms with Crippen LogP contribution in [0.4, 0.5) is 10.5 Å². The third-order valence-electron chi connectivity index (χ3n) is 5.42. The van der Waals surface area contributed by atoms with Gasteiger partial charge in [-0.15, -0.1) is 0 Å². The fraction of sp³-hybridized carbons (Fsp3) is 0.125. The summed E-state index contributed by atoms with van der Waals surface area (Å²) < 4.78 is 0. The molecule has 4 amide bonds. The van der Waals surface area contributed by atoms with Gasteiger partial charge in [0.15, 0.2) is 0 Å². The summed E-state index contributed by atoms with van der Waals surface area (Å²) in [6.07, 6.45) is -0.993. The van der Waals surface area contributed by atoms with Gasteiger partial charge in [0, 0.05) is 21.8 Å². The molecule has 4 rings (SSSR count). The van der Waals surface area contributed by atoms with E-state index in [1.54, 1.807) is 61.5 Å². The van der Waals surface area contributed by atoms with Crippen LogP contribution in [0.1, 0.15) is 40.1 Å². The van der Waals surface area contributed by atoms with Crippen molar-refractivity contribution in [3.8, 4) is 0 Å². The summed E-state index contributed by atoms with van der Waals surface area (Å²) in [5.74, 6) is -0.935. The maximum Gasteiger partial charge on any atom is 0.322 e. The molecule has 1 fully saturated rings. The summed E-state index contributed by atoms with van der Waals surface area (Å²) in [6, 6.07) is 19.7. The van der Waals surface area contributed by atoms with E-state index >= 15 is 0 Å². The smallest absolute Gasteiger partial charge is 0.322 e. The van der Waals surface area contributed by atoms with Gasteiger partial charge in [-0.05, 0) is 48.4 Å². The lowest BCUT2D eigenvalue weighted by Gasteiger charge is -2.22. The van der Waals surface area contributed by atoms with E-state index in [2.05, 4.69) is 16.0 Å². The SMILES string of the molecule is CC1(c2cccc(C(=O)Nc3ccc(Cl)cc3C(O)c3ccccc3)c2)NC(=O)NC1=O. The Bertz CT molecular complexity index is 1210. The largest absolute Gasteiger partial charge is 0.384 e. The Morgan fingerprint density at radius 2 is 1.78 bits per heavy atom. The van der Waals surface area contributed by atoms with Gasteiger partial charge in [0.2, 0.25) is 0 Å². The summed E-state index contributed by atoms with van der Waals surface area (Å²) in [7, 11) is 0. The number of hydrogen-bond donors (Lipinski definition) is 4. The van der Waals surface area contributed by atoms with Gasteiger partial charge in [-0.1, -0.05) is 54.1 Å². The zero-order valence-electron chi connectivity index (χ0n) is 17.1. The minimum Gasteiger partial charge on any atom is -0.384 e. The molecule has 8 heteroatoms. The molecule has 7 nitrogen and oxygen atoms in total. The predicted octanol–water partition coefficient (Wildman–Crippen LogP) is 3.73. The Hall–Kier alpha value is -3.68. The molecule has 0 aromatic heterocycles. The fourth-order valence-corrected chi connectivity index (χ4v) is 3.78. The normalized spacial score (nSPS) is 18.6. The highest BCUT2D eigenvalue weighted by Crippen LogP contribution is 2.31. The van der Waals surface area contributed by atoms with Gasteiger partial charge in [-0.3, -0.25) is 14.9 Å². The fourth-order valence-electron chi connectivity index (χ4n) is 3.60. The van der Waals surface area contributed by atoms with Crippen LogP contribution < -0.4 is 16.0 Å². The third-order valence-corrected chi connectivity index (χ3v) is 5.65. The number of urea groups is 1. The number of imide groups is 1. The molecule has 1 aliphatic rings. The average Bonchev–Trinajstić information content (AvgIpc) is 3.07. The second-order valence-corrected chi connectivity index (χ2v) is 8.05. The molecule has 0 spiro atoms. The number of carbonyl (C=O) groups is 3. The standard InChI is InChI=1S/C24H20ClN3O4/c1-24(22(31)27-23(32)28-24)16-9-5-8-15(12-16)21(30)26-19-11-10-17(25)13-18(19)20(29)14-6-3-2-4-7-14/h2-13,20,29H,1H3,(H,26,30)(H2,27,28,31,32). The predicted molar refractivity (Wildman–Crippen MR) is 120 cm³/mol.